The first-order chi connectivity index (χ1) is 10.0. The summed E-state index contributed by atoms with van der Waals surface area (Å²) in [4.78, 5) is 13.7. The number of amides is 1. The summed E-state index contributed by atoms with van der Waals surface area (Å²) in [5.41, 5.74) is 6.63. The number of rotatable bonds is 9. The normalized spacial score (nSPS) is 12.2. The van der Waals surface area contributed by atoms with Gasteiger partial charge in [0.25, 0.3) is 0 Å². The summed E-state index contributed by atoms with van der Waals surface area (Å²) in [7, 11) is 4.04. The van der Waals surface area contributed by atoms with Gasteiger partial charge in [-0.05, 0) is 38.2 Å². The Bertz CT molecular complexity index is 418. The lowest BCUT2D eigenvalue weighted by Crippen LogP contribution is -2.34. The minimum Gasteiger partial charge on any atom is -0.492 e. The Morgan fingerprint density at radius 1 is 1.33 bits per heavy atom. The molecule has 0 bridgehead atoms. The highest BCUT2D eigenvalue weighted by Gasteiger charge is 2.09. The molecule has 0 aliphatic carbocycles. The lowest BCUT2D eigenvalue weighted by Gasteiger charge is -2.12. The summed E-state index contributed by atoms with van der Waals surface area (Å²) in [5.74, 6) is 0.764. The number of ether oxygens (including phenoxy) is 1. The fourth-order valence-corrected chi connectivity index (χ4v) is 1.71. The molecule has 3 N–H and O–H groups in total. The van der Waals surface area contributed by atoms with Crippen molar-refractivity contribution in [3.8, 4) is 5.75 Å². The van der Waals surface area contributed by atoms with Gasteiger partial charge in [-0.3, -0.25) is 4.79 Å². The summed E-state index contributed by atoms with van der Waals surface area (Å²) < 4.78 is 5.64. The highest BCUT2D eigenvalue weighted by molar-refractivity contribution is 5.78. The van der Waals surface area contributed by atoms with Crippen molar-refractivity contribution in [1.82, 2.24) is 10.2 Å². The molecule has 1 atom stereocenters. The summed E-state index contributed by atoms with van der Waals surface area (Å²) >= 11 is 0. The maximum Gasteiger partial charge on any atom is 0.224 e. The van der Waals surface area contributed by atoms with E-state index < -0.39 is 0 Å². The molecule has 1 rings (SSSR count). The molecule has 0 radical (unpaired) electrons. The molecule has 0 fully saturated rings. The highest BCUT2D eigenvalue weighted by atomic mass is 16.5. The summed E-state index contributed by atoms with van der Waals surface area (Å²) in [6.45, 7) is 4.41. The van der Waals surface area contributed by atoms with Crippen LogP contribution in [0.3, 0.4) is 0 Å². The topological polar surface area (TPSA) is 67.6 Å². The minimum atomic E-state index is -0.127. The van der Waals surface area contributed by atoms with Crippen molar-refractivity contribution in [3.63, 3.8) is 0 Å². The third kappa shape index (κ3) is 7.11. The molecular formula is C16H27N3O2. The quantitative estimate of drug-likeness (QED) is 0.709. The van der Waals surface area contributed by atoms with Crippen molar-refractivity contribution in [3.05, 3.63) is 29.8 Å². The molecule has 0 saturated carbocycles. The molecule has 1 unspecified atom stereocenters. The number of carbonyl (C=O) groups excluding carboxylic acids is 1. The molecule has 1 aromatic rings. The molecular weight excluding hydrogens is 266 g/mol. The molecule has 0 heterocycles. The van der Waals surface area contributed by atoms with Crippen LogP contribution in [0.25, 0.3) is 0 Å². The summed E-state index contributed by atoms with van der Waals surface area (Å²) in [6.07, 6.45) is 0.807. The van der Waals surface area contributed by atoms with Crippen LogP contribution in [-0.4, -0.2) is 51.1 Å². The molecule has 1 amide bonds. The molecule has 118 valence electrons. The molecule has 0 aliphatic heterocycles. The Balaban J connectivity index is 2.29. The monoisotopic (exact) mass is 293 g/mol. The Hall–Kier alpha value is -1.59. The average molecular weight is 293 g/mol. The number of nitrogens with one attached hydrogen (secondary N) is 1. The second-order valence-corrected chi connectivity index (χ2v) is 5.47. The van der Waals surface area contributed by atoms with Gasteiger partial charge in [-0.2, -0.15) is 0 Å². The Kier molecular flexibility index (Phi) is 7.79. The maximum atomic E-state index is 11.6. The summed E-state index contributed by atoms with van der Waals surface area (Å²) in [6, 6.07) is 8.00. The van der Waals surface area contributed by atoms with Gasteiger partial charge in [0.2, 0.25) is 5.91 Å². The van der Waals surface area contributed by atoms with Crippen molar-refractivity contribution in [2.45, 2.75) is 13.3 Å². The van der Waals surface area contributed by atoms with Crippen LogP contribution in [0, 0.1) is 5.92 Å². The second-order valence-electron chi connectivity index (χ2n) is 5.47. The van der Waals surface area contributed by atoms with Crippen LogP contribution >= 0.6 is 0 Å². The van der Waals surface area contributed by atoms with Crippen LogP contribution in [0.1, 0.15) is 12.5 Å². The van der Waals surface area contributed by atoms with Crippen LogP contribution in [-0.2, 0) is 11.2 Å². The largest absolute Gasteiger partial charge is 0.492 e. The second kappa shape index (κ2) is 9.37. The van der Waals surface area contributed by atoms with Gasteiger partial charge < -0.3 is 20.7 Å². The third-order valence-electron chi connectivity index (χ3n) is 3.24. The Morgan fingerprint density at radius 3 is 2.57 bits per heavy atom. The standard InChI is InChI=1S/C16H27N3O2/c1-13(12-17)16(20)18-9-8-14-4-6-15(7-5-14)21-11-10-19(2)3/h4-7,13H,8-12,17H2,1-3H3,(H,18,20). The van der Waals surface area contributed by atoms with Gasteiger partial charge in [-0.25, -0.2) is 0 Å². The van der Waals surface area contributed by atoms with Gasteiger partial charge in [0.05, 0.1) is 0 Å². The third-order valence-corrected chi connectivity index (χ3v) is 3.24. The van der Waals surface area contributed by atoms with E-state index in [1.807, 2.05) is 45.3 Å². The van der Waals surface area contributed by atoms with Crippen molar-refractivity contribution in [2.75, 3.05) is 40.3 Å². The fourth-order valence-electron chi connectivity index (χ4n) is 1.71. The predicted molar refractivity (Wildman–Crippen MR) is 85.4 cm³/mol. The zero-order chi connectivity index (χ0) is 15.7. The van der Waals surface area contributed by atoms with E-state index in [4.69, 9.17) is 10.5 Å². The number of hydrogen-bond acceptors (Lipinski definition) is 4. The van der Waals surface area contributed by atoms with Crippen LogP contribution in [0.15, 0.2) is 24.3 Å². The van der Waals surface area contributed by atoms with Gasteiger partial charge in [0.15, 0.2) is 0 Å². The van der Waals surface area contributed by atoms with Gasteiger partial charge in [0.1, 0.15) is 12.4 Å². The van der Waals surface area contributed by atoms with Crippen molar-refractivity contribution in [1.29, 1.82) is 0 Å². The smallest absolute Gasteiger partial charge is 0.224 e. The molecule has 0 spiro atoms. The molecule has 0 aromatic heterocycles. The van der Waals surface area contributed by atoms with E-state index >= 15 is 0 Å². The van der Waals surface area contributed by atoms with E-state index in [2.05, 4.69) is 10.2 Å². The van der Waals surface area contributed by atoms with E-state index in [1.54, 1.807) is 0 Å². The maximum absolute atomic E-state index is 11.6. The number of hydrogen-bond donors (Lipinski definition) is 2. The molecule has 0 saturated heterocycles. The first-order valence-corrected chi connectivity index (χ1v) is 7.37. The van der Waals surface area contributed by atoms with Gasteiger partial charge >= 0.3 is 0 Å². The van der Waals surface area contributed by atoms with E-state index in [9.17, 15) is 4.79 Å². The molecule has 21 heavy (non-hydrogen) atoms. The molecule has 0 aliphatic rings. The number of nitrogens with zero attached hydrogens (tertiary/aromatic N) is 1. The lowest BCUT2D eigenvalue weighted by atomic mass is 10.1. The fraction of sp³-hybridized carbons (Fsp3) is 0.562. The van der Waals surface area contributed by atoms with E-state index in [0.29, 0.717) is 19.7 Å². The number of nitrogens with two attached hydrogens (primary N) is 1. The van der Waals surface area contributed by atoms with Crippen LogP contribution < -0.4 is 15.8 Å². The number of likely N-dealkylation sites (N-methyl/N-ethyl adjacent to an activating group) is 1. The molecule has 1 aromatic carbocycles. The van der Waals surface area contributed by atoms with E-state index in [1.165, 1.54) is 5.56 Å². The summed E-state index contributed by atoms with van der Waals surface area (Å²) in [5, 5.41) is 2.89. The number of benzene rings is 1. The van der Waals surface area contributed by atoms with Crippen molar-refractivity contribution >= 4 is 5.91 Å². The zero-order valence-electron chi connectivity index (χ0n) is 13.3. The Morgan fingerprint density at radius 2 is 2.00 bits per heavy atom. The van der Waals surface area contributed by atoms with Crippen molar-refractivity contribution in [2.24, 2.45) is 11.7 Å². The van der Waals surface area contributed by atoms with Gasteiger partial charge in [-0.1, -0.05) is 19.1 Å². The van der Waals surface area contributed by atoms with E-state index in [0.717, 1.165) is 18.7 Å². The van der Waals surface area contributed by atoms with Crippen molar-refractivity contribution < 1.29 is 9.53 Å². The Labute approximate surface area is 127 Å². The lowest BCUT2D eigenvalue weighted by molar-refractivity contribution is -0.124. The van der Waals surface area contributed by atoms with Crippen LogP contribution in [0.5, 0.6) is 5.75 Å². The number of carbonyl (C=O) groups is 1. The molecule has 5 heteroatoms. The predicted octanol–water partition coefficient (Wildman–Crippen LogP) is 0.881. The van der Waals surface area contributed by atoms with E-state index in [-0.39, 0.29) is 11.8 Å². The SMILES string of the molecule is CC(CN)C(=O)NCCc1ccc(OCCN(C)C)cc1. The first-order valence-electron chi connectivity index (χ1n) is 7.37. The van der Waals surface area contributed by atoms with Crippen LogP contribution in [0.4, 0.5) is 0 Å². The van der Waals surface area contributed by atoms with Gasteiger partial charge in [0, 0.05) is 25.6 Å². The van der Waals surface area contributed by atoms with Crippen LogP contribution in [0.2, 0.25) is 0 Å². The minimum absolute atomic E-state index is 0.0149. The average Bonchev–Trinajstić information content (AvgIpc) is 2.47. The van der Waals surface area contributed by atoms with Gasteiger partial charge in [-0.15, -0.1) is 0 Å². The zero-order valence-corrected chi connectivity index (χ0v) is 13.3. The molecule has 5 nitrogen and oxygen atoms in total. The first kappa shape index (κ1) is 17.5. The highest BCUT2D eigenvalue weighted by Crippen LogP contribution is 2.12.